The molecule has 5 heteroatoms. The fraction of sp³-hybridized carbons (Fsp3) is 0.625. The Morgan fingerprint density at radius 2 is 2.43 bits per heavy atom. The maximum atomic E-state index is 12.0. The van der Waals surface area contributed by atoms with E-state index in [1.54, 1.807) is 11.8 Å². The Hall–Kier alpha value is -1.07. The molecule has 0 spiro atoms. The van der Waals surface area contributed by atoms with Crippen molar-refractivity contribution in [2.45, 2.75) is 49.6 Å². The maximum Gasteiger partial charge on any atom is 0.238 e. The summed E-state index contributed by atoms with van der Waals surface area (Å²) in [5.41, 5.74) is 5.24. The van der Waals surface area contributed by atoms with E-state index in [4.69, 9.17) is 5.73 Å². The van der Waals surface area contributed by atoms with E-state index in [0.29, 0.717) is 5.92 Å². The first kappa shape index (κ1) is 16.3. The van der Waals surface area contributed by atoms with E-state index in [1.165, 1.54) is 0 Å². The largest absolute Gasteiger partial charge is 0.368 e. The molecule has 1 fully saturated rings. The highest BCUT2D eigenvalue weighted by Gasteiger charge is 2.46. The van der Waals surface area contributed by atoms with Crippen LogP contribution in [0.1, 0.15) is 39.0 Å². The van der Waals surface area contributed by atoms with Crippen LogP contribution in [-0.4, -0.2) is 28.7 Å². The molecule has 116 valence electrons. The molecule has 1 amide bonds. The number of primary amides is 1. The summed E-state index contributed by atoms with van der Waals surface area (Å²) < 4.78 is 0. The minimum atomic E-state index is -0.485. The normalized spacial score (nSPS) is 25.1. The second-order valence-corrected chi connectivity index (χ2v) is 6.77. The standard InChI is InChI=1S/C16H25N3OS/c1-2-10-19-16(15(17)20)9-5-6-13(16)8-12-21-14-7-3-4-11-18-14/h3-4,7,11,13,19H,2,5-6,8-10,12H2,1H3,(H2,17,20). The second kappa shape index (κ2) is 7.80. The zero-order valence-corrected chi connectivity index (χ0v) is 13.5. The molecule has 3 N–H and O–H groups in total. The van der Waals surface area contributed by atoms with Crippen molar-refractivity contribution in [1.29, 1.82) is 0 Å². The van der Waals surface area contributed by atoms with E-state index in [9.17, 15) is 4.79 Å². The fourth-order valence-corrected chi connectivity index (χ4v) is 4.12. The van der Waals surface area contributed by atoms with Crippen molar-refractivity contribution < 1.29 is 4.79 Å². The van der Waals surface area contributed by atoms with Crippen LogP contribution in [0.5, 0.6) is 0 Å². The molecular formula is C16H25N3OS. The van der Waals surface area contributed by atoms with Gasteiger partial charge in [-0.25, -0.2) is 4.98 Å². The number of carbonyl (C=O) groups is 1. The zero-order chi connectivity index (χ0) is 15.1. The number of amides is 1. The third-order valence-corrected chi connectivity index (χ3v) is 5.28. The Kier molecular flexibility index (Phi) is 6.06. The van der Waals surface area contributed by atoms with Crippen LogP contribution in [0.25, 0.3) is 0 Å². The van der Waals surface area contributed by atoms with Crippen LogP contribution in [0.2, 0.25) is 0 Å². The lowest BCUT2D eigenvalue weighted by Crippen LogP contribution is -2.58. The van der Waals surface area contributed by atoms with Crippen LogP contribution in [0.4, 0.5) is 0 Å². The molecule has 1 aromatic heterocycles. The molecule has 1 saturated carbocycles. The number of hydrogen-bond acceptors (Lipinski definition) is 4. The van der Waals surface area contributed by atoms with Crippen molar-refractivity contribution in [1.82, 2.24) is 10.3 Å². The monoisotopic (exact) mass is 307 g/mol. The molecule has 4 nitrogen and oxygen atoms in total. The van der Waals surface area contributed by atoms with Crippen molar-refractivity contribution in [2.24, 2.45) is 11.7 Å². The number of rotatable bonds is 8. The number of thioether (sulfide) groups is 1. The van der Waals surface area contributed by atoms with Gasteiger partial charge in [-0.3, -0.25) is 4.79 Å². The topological polar surface area (TPSA) is 68.0 Å². The molecule has 0 aliphatic heterocycles. The molecular weight excluding hydrogens is 282 g/mol. The first-order valence-corrected chi connectivity index (χ1v) is 8.76. The van der Waals surface area contributed by atoms with Gasteiger partial charge in [0, 0.05) is 6.20 Å². The van der Waals surface area contributed by atoms with Crippen LogP contribution in [0.15, 0.2) is 29.4 Å². The quantitative estimate of drug-likeness (QED) is 0.724. The molecule has 0 aromatic carbocycles. The van der Waals surface area contributed by atoms with E-state index in [1.807, 2.05) is 24.4 Å². The van der Waals surface area contributed by atoms with Crippen LogP contribution >= 0.6 is 11.8 Å². The van der Waals surface area contributed by atoms with Crippen molar-refractivity contribution in [3.63, 3.8) is 0 Å². The smallest absolute Gasteiger partial charge is 0.238 e. The van der Waals surface area contributed by atoms with E-state index in [-0.39, 0.29) is 5.91 Å². The van der Waals surface area contributed by atoms with E-state index < -0.39 is 5.54 Å². The van der Waals surface area contributed by atoms with Gasteiger partial charge in [0.1, 0.15) is 5.54 Å². The number of aromatic nitrogens is 1. The summed E-state index contributed by atoms with van der Waals surface area (Å²) in [5.74, 6) is 1.14. The first-order chi connectivity index (χ1) is 10.2. The average molecular weight is 307 g/mol. The number of nitrogens with two attached hydrogens (primary N) is 1. The molecule has 21 heavy (non-hydrogen) atoms. The molecule has 0 radical (unpaired) electrons. The molecule has 0 bridgehead atoms. The predicted molar refractivity (Wildman–Crippen MR) is 87.1 cm³/mol. The van der Waals surface area contributed by atoms with Gasteiger partial charge < -0.3 is 11.1 Å². The number of carbonyl (C=O) groups excluding carboxylic acids is 1. The summed E-state index contributed by atoms with van der Waals surface area (Å²) >= 11 is 1.75. The Bertz CT molecular complexity index is 454. The molecule has 1 aromatic rings. The van der Waals surface area contributed by atoms with Crippen LogP contribution in [0.3, 0.4) is 0 Å². The summed E-state index contributed by atoms with van der Waals surface area (Å²) in [6.07, 6.45) is 6.88. The van der Waals surface area contributed by atoms with Crippen molar-refractivity contribution >= 4 is 17.7 Å². The molecule has 2 rings (SSSR count). The summed E-state index contributed by atoms with van der Waals surface area (Å²) in [7, 11) is 0. The number of nitrogens with zero attached hydrogens (tertiary/aromatic N) is 1. The Balaban J connectivity index is 1.92. The van der Waals surface area contributed by atoms with Gasteiger partial charge in [-0.2, -0.15) is 0 Å². The van der Waals surface area contributed by atoms with E-state index in [0.717, 1.165) is 49.4 Å². The van der Waals surface area contributed by atoms with E-state index in [2.05, 4.69) is 17.2 Å². The van der Waals surface area contributed by atoms with Gasteiger partial charge >= 0.3 is 0 Å². The minimum absolute atomic E-state index is 0.179. The second-order valence-electron chi connectivity index (χ2n) is 5.66. The van der Waals surface area contributed by atoms with Crippen LogP contribution in [-0.2, 0) is 4.79 Å². The Morgan fingerprint density at radius 1 is 1.57 bits per heavy atom. The molecule has 2 atom stereocenters. The molecule has 0 saturated heterocycles. The predicted octanol–water partition coefficient (Wildman–Crippen LogP) is 2.59. The van der Waals surface area contributed by atoms with Crippen molar-refractivity contribution in [3.05, 3.63) is 24.4 Å². The highest BCUT2D eigenvalue weighted by Crippen LogP contribution is 2.39. The lowest BCUT2D eigenvalue weighted by molar-refractivity contribution is -0.126. The summed E-state index contributed by atoms with van der Waals surface area (Å²) in [4.78, 5) is 16.3. The highest BCUT2D eigenvalue weighted by atomic mass is 32.2. The Labute approximate surface area is 131 Å². The zero-order valence-electron chi connectivity index (χ0n) is 12.7. The van der Waals surface area contributed by atoms with Gasteiger partial charge in [-0.05, 0) is 56.0 Å². The molecule has 1 aliphatic carbocycles. The van der Waals surface area contributed by atoms with Gasteiger partial charge in [0.05, 0.1) is 5.03 Å². The number of nitrogens with one attached hydrogen (secondary N) is 1. The first-order valence-electron chi connectivity index (χ1n) is 7.78. The third-order valence-electron chi connectivity index (χ3n) is 4.30. The fourth-order valence-electron chi connectivity index (χ4n) is 3.20. The summed E-state index contributed by atoms with van der Waals surface area (Å²) in [6, 6.07) is 5.95. The SMILES string of the molecule is CCCNC1(C(N)=O)CCCC1CCSc1ccccn1. The maximum absolute atomic E-state index is 12.0. The Morgan fingerprint density at radius 3 is 3.10 bits per heavy atom. The van der Waals surface area contributed by atoms with Gasteiger partial charge in [0.25, 0.3) is 0 Å². The third kappa shape index (κ3) is 3.98. The summed E-state index contributed by atoms with van der Waals surface area (Å²) in [5, 5.41) is 4.49. The number of pyridine rings is 1. The van der Waals surface area contributed by atoms with Gasteiger partial charge in [0.2, 0.25) is 5.91 Å². The van der Waals surface area contributed by atoms with E-state index >= 15 is 0 Å². The van der Waals surface area contributed by atoms with Crippen molar-refractivity contribution in [2.75, 3.05) is 12.3 Å². The van der Waals surface area contributed by atoms with Gasteiger partial charge in [-0.15, -0.1) is 11.8 Å². The number of hydrogen-bond donors (Lipinski definition) is 2. The molecule has 1 heterocycles. The van der Waals surface area contributed by atoms with Crippen LogP contribution in [0, 0.1) is 5.92 Å². The van der Waals surface area contributed by atoms with Crippen molar-refractivity contribution in [3.8, 4) is 0 Å². The molecule has 1 aliphatic rings. The minimum Gasteiger partial charge on any atom is -0.368 e. The summed E-state index contributed by atoms with van der Waals surface area (Å²) in [6.45, 7) is 2.97. The molecule has 2 unspecified atom stereocenters. The average Bonchev–Trinajstić information content (AvgIpc) is 2.90. The lowest BCUT2D eigenvalue weighted by atomic mass is 9.84. The lowest BCUT2D eigenvalue weighted by Gasteiger charge is -2.33. The highest BCUT2D eigenvalue weighted by molar-refractivity contribution is 7.99. The van der Waals surface area contributed by atoms with Crippen LogP contribution < -0.4 is 11.1 Å². The van der Waals surface area contributed by atoms with Gasteiger partial charge in [0.15, 0.2) is 0 Å². The van der Waals surface area contributed by atoms with Gasteiger partial charge in [-0.1, -0.05) is 19.4 Å².